The lowest BCUT2D eigenvalue weighted by molar-refractivity contribution is 0.204. The Balaban J connectivity index is 1.98. The zero-order chi connectivity index (χ0) is 17.3. The predicted molar refractivity (Wildman–Crippen MR) is 87.5 cm³/mol. The SMILES string of the molecule is COc1ccc(S(=O)(=O)N2CCCCC2c2nc(C)no2)cc1Cl. The third kappa shape index (κ3) is 3.13. The molecule has 0 N–H and O–H groups in total. The maximum Gasteiger partial charge on any atom is 0.245 e. The number of aryl methyl sites for hydroxylation is 1. The number of piperidine rings is 1. The van der Waals surface area contributed by atoms with E-state index < -0.39 is 16.1 Å². The molecule has 1 aliphatic rings. The van der Waals surface area contributed by atoms with Gasteiger partial charge in [-0.25, -0.2) is 8.42 Å². The molecule has 2 aromatic rings. The molecule has 1 aromatic carbocycles. The van der Waals surface area contributed by atoms with Crippen molar-refractivity contribution in [1.82, 2.24) is 14.4 Å². The van der Waals surface area contributed by atoms with Crippen molar-refractivity contribution >= 4 is 21.6 Å². The van der Waals surface area contributed by atoms with Crippen LogP contribution in [0.25, 0.3) is 0 Å². The highest BCUT2D eigenvalue weighted by atomic mass is 35.5. The third-order valence-corrected chi connectivity index (χ3v) is 6.21. The Morgan fingerprint density at radius 1 is 1.38 bits per heavy atom. The predicted octanol–water partition coefficient (Wildman–Crippen LogP) is 2.96. The van der Waals surface area contributed by atoms with Crippen molar-refractivity contribution in [3.8, 4) is 5.75 Å². The lowest BCUT2D eigenvalue weighted by Crippen LogP contribution is -2.38. The van der Waals surface area contributed by atoms with Gasteiger partial charge in [-0.05, 0) is 38.0 Å². The Bertz CT molecular complexity index is 837. The number of rotatable bonds is 4. The molecule has 130 valence electrons. The van der Waals surface area contributed by atoms with Crippen LogP contribution in [0.2, 0.25) is 5.02 Å². The van der Waals surface area contributed by atoms with E-state index in [9.17, 15) is 8.42 Å². The molecule has 3 rings (SSSR count). The number of aromatic nitrogens is 2. The van der Waals surface area contributed by atoms with Gasteiger partial charge in [0.05, 0.1) is 17.0 Å². The minimum Gasteiger partial charge on any atom is -0.495 e. The molecule has 0 spiro atoms. The van der Waals surface area contributed by atoms with Gasteiger partial charge in [0.25, 0.3) is 0 Å². The average molecular weight is 372 g/mol. The number of sulfonamides is 1. The van der Waals surface area contributed by atoms with E-state index in [1.165, 1.54) is 23.5 Å². The molecule has 0 amide bonds. The monoisotopic (exact) mass is 371 g/mol. The number of hydrogen-bond donors (Lipinski definition) is 0. The second-order valence-corrected chi connectivity index (χ2v) is 7.90. The van der Waals surface area contributed by atoms with Gasteiger partial charge in [-0.3, -0.25) is 0 Å². The van der Waals surface area contributed by atoms with Crippen molar-refractivity contribution in [2.75, 3.05) is 13.7 Å². The summed E-state index contributed by atoms with van der Waals surface area (Å²) >= 11 is 6.08. The average Bonchev–Trinajstić information content (AvgIpc) is 3.01. The topological polar surface area (TPSA) is 85.5 Å². The standard InChI is InChI=1S/C15H18ClN3O4S/c1-10-17-15(23-18-10)13-5-3-4-8-19(13)24(20,21)11-6-7-14(22-2)12(16)9-11/h6-7,9,13H,3-5,8H2,1-2H3. The summed E-state index contributed by atoms with van der Waals surface area (Å²) in [5.74, 6) is 1.24. The van der Waals surface area contributed by atoms with Gasteiger partial charge in [0.1, 0.15) is 11.8 Å². The van der Waals surface area contributed by atoms with Crippen LogP contribution in [0.3, 0.4) is 0 Å². The van der Waals surface area contributed by atoms with Gasteiger partial charge in [-0.15, -0.1) is 0 Å². The molecule has 2 heterocycles. The molecule has 1 aromatic heterocycles. The van der Waals surface area contributed by atoms with Crippen LogP contribution in [-0.2, 0) is 10.0 Å². The summed E-state index contributed by atoms with van der Waals surface area (Å²) in [5, 5.41) is 4.02. The smallest absolute Gasteiger partial charge is 0.245 e. The summed E-state index contributed by atoms with van der Waals surface area (Å²) in [6.07, 6.45) is 2.33. The Morgan fingerprint density at radius 3 is 2.79 bits per heavy atom. The molecule has 0 aliphatic carbocycles. The first-order valence-electron chi connectivity index (χ1n) is 7.59. The fourth-order valence-corrected chi connectivity index (χ4v) is 4.83. The van der Waals surface area contributed by atoms with Crippen LogP contribution in [0.1, 0.15) is 37.0 Å². The zero-order valence-electron chi connectivity index (χ0n) is 13.4. The molecular weight excluding hydrogens is 354 g/mol. The van der Waals surface area contributed by atoms with Crippen LogP contribution in [-0.4, -0.2) is 36.5 Å². The van der Waals surface area contributed by atoms with Crippen molar-refractivity contribution in [3.63, 3.8) is 0 Å². The summed E-state index contributed by atoms with van der Waals surface area (Å²) in [5.41, 5.74) is 0. The lowest BCUT2D eigenvalue weighted by atomic mass is 10.1. The molecule has 1 unspecified atom stereocenters. The highest BCUT2D eigenvalue weighted by Crippen LogP contribution is 2.36. The van der Waals surface area contributed by atoms with Gasteiger partial charge in [0.2, 0.25) is 15.9 Å². The van der Waals surface area contributed by atoms with E-state index in [1.54, 1.807) is 13.0 Å². The first-order chi connectivity index (χ1) is 11.4. The Labute approximate surface area is 145 Å². The summed E-state index contributed by atoms with van der Waals surface area (Å²) < 4.78 is 37.8. The maximum absolute atomic E-state index is 13.1. The quantitative estimate of drug-likeness (QED) is 0.821. The Kier molecular flexibility index (Phi) is 4.80. The van der Waals surface area contributed by atoms with Crippen molar-refractivity contribution in [2.24, 2.45) is 0 Å². The van der Waals surface area contributed by atoms with Gasteiger partial charge in [0, 0.05) is 6.54 Å². The largest absolute Gasteiger partial charge is 0.495 e. The first-order valence-corrected chi connectivity index (χ1v) is 9.41. The van der Waals surface area contributed by atoms with Crippen molar-refractivity contribution in [3.05, 3.63) is 34.9 Å². The number of hydrogen-bond acceptors (Lipinski definition) is 6. The molecule has 24 heavy (non-hydrogen) atoms. The maximum atomic E-state index is 13.1. The molecule has 1 saturated heterocycles. The summed E-state index contributed by atoms with van der Waals surface area (Å²) in [6, 6.07) is 3.99. The zero-order valence-corrected chi connectivity index (χ0v) is 15.0. The van der Waals surface area contributed by atoms with Crippen LogP contribution >= 0.6 is 11.6 Å². The minimum atomic E-state index is -3.73. The van der Waals surface area contributed by atoms with E-state index in [0.717, 1.165) is 12.8 Å². The normalized spacial score (nSPS) is 19.4. The van der Waals surface area contributed by atoms with Crippen LogP contribution in [0.5, 0.6) is 5.75 Å². The second kappa shape index (κ2) is 6.70. The van der Waals surface area contributed by atoms with E-state index in [1.807, 2.05) is 0 Å². The van der Waals surface area contributed by atoms with Crippen molar-refractivity contribution < 1.29 is 17.7 Å². The van der Waals surface area contributed by atoms with E-state index in [2.05, 4.69) is 10.1 Å². The molecule has 9 heteroatoms. The van der Waals surface area contributed by atoms with Gasteiger partial charge < -0.3 is 9.26 Å². The van der Waals surface area contributed by atoms with Gasteiger partial charge in [-0.1, -0.05) is 23.2 Å². The van der Waals surface area contributed by atoms with Gasteiger partial charge >= 0.3 is 0 Å². The summed E-state index contributed by atoms with van der Waals surface area (Å²) in [4.78, 5) is 4.33. The number of halogens is 1. The fraction of sp³-hybridized carbons (Fsp3) is 0.467. The van der Waals surface area contributed by atoms with E-state index in [4.69, 9.17) is 20.9 Å². The van der Waals surface area contributed by atoms with Crippen LogP contribution in [0.4, 0.5) is 0 Å². The number of benzene rings is 1. The molecule has 0 radical (unpaired) electrons. The molecule has 1 atom stereocenters. The molecule has 0 saturated carbocycles. The van der Waals surface area contributed by atoms with Crippen LogP contribution in [0, 0.1) is 6.92 Å². The third-order valence-electron chi connectivity index (χ3n) is 4.01. The summed E-state index contributed by atoms with van der Waals surface area (Å²) in [6.45, 7) is 2.11. The highest BCUT2D eigenvalue weighted by molar-refractivity contribution is 7.89. The van der Waals surface area contributed by atoms with Crippen LogP contribution < -0.4 is 4.74 Å². The van der Waals surface area contributed by atoms with E-state index >= 15 is 0 Å². The number of nitrogens with zero attached hydrogens (tertiary/aromatic N) is 3. The number of methoxy groups -OCH3 is 1. The van der Waals surface area contributed by atoms with Crippen LogP contribution in [0.15, 0.2) is 27.6 Å². The highest BCUT2D eigenvalue weighted by Gasteiger charge is 2.37. The van der Waals surface area contributed by atoms with Crippen molar-refractivity contribution in [1.29, 1.82) is 0 Å². The minimum absolute atomic E-state index is 0.122. The van der Waals surface area contributed by atoms with E-state index in [-0.39, 0.29) is 9.92 Å². The Morgan fingerprint density at radius 2 is 2.17 bits per heavy atom. The van der Waals surface area contributed by atoms with Gasteiger partial charge in [-0.2, -0.15) is 9.29 Å². The molecule has 1 aliphatic heterocycles. The molecular formula is C15H18ClN3O4S. The Hall–Kier alpha value is -1.64. The second-order valence-electron chi connectivity index (χ2n) is 5.60. The summed E-state index contributed by atoms with van der Waals surface area (Å²) in [7, 11) is -2.25. The molecule has 0 bridgehead atoms. The van der Waals surface area contributed by atoms with Gasteiger partial charge in [0.15, 0.2) is 5.82 Å². The first kappa shape index (κ1) is 17.2. The van der Waals surface area contributed by atoms with E-state index in [0.29, 0.717) is 30.4 Å². The fourth-order valence-electron chi connectivity index (χ4n) is 2.83. The molecule has 1 fully saturated rings. The lowest BCUT2D eigenvalue weighted by Gasteiger charge is -2.32. The van der Waals surface area contributed by atoms with Crippen molar-refractivity contribution in [2.45, 2.75) is 37.1 Å². The number of ether oxygens (including phenoxy) is 1. The molecule has 7 nitrogen and oxygen atoms in total.